The number of rotatable bonds is 13. The number of guanidine groups is 1. The van der Waals surface area contributed by atoms with Gasteiger partial charge < -0.3 is 43.2 Å². The summed E-state index contributed by atoms with van der Waals surface area (Å²) in [6, 6.07) is 5.09. The number of benzene rings is 1. The maximum Gasteiger partial charge on any atom is 0.326 e. The predicted octanol–water partition coefficient (Wildman–Crippen LogP) is -2.11. The minimum absolute atomic E-state index is 0.0340. The highest BCUT2D eigenvalue weighted by Gasteiger charge is 2.27. The number of amides is 3. The van der Waals surface area contributed by atoms with Crippen LogP contribution in [0.25, 0.3) is 10.9 Å². The van der Waals surface area contributed by atoms with Crippen molar-refractivity contribution >= 4 is 40.6 Å². The van der Waals surface area contributed by atoms with Crippen molar-refractivity contribution in [2.45, 2.75) is 31.3 Å². The number of para-hydroxylation sites is 1. The lowest BCUT2D eigenvalue weighted by Crippen LogP contribution is -2.53. The third-order valence-corrected chi connectivity index (χ3v) is 4.94. The van der Waals surface area contributed by atoms with E-state index < -0.39 is 35.8 Å². The predicted molar refractivity (Wildman–Crippen MR) is 125 cm³/mol. The number of hydrogen-bond donors (Lipinski definition) is 8. The van der Waals surface area contributed by atoms with Gasteiger partial charge in [0.1, 0.15) is 12.1 Å². The first-order valence-corrected chi connectivity index (χ1v) is 10.6. The molecule has 1 aromatic heterocycles. The van der Waals surface area contributed by atoms with Crippen molar-refractivity contribution in [2.75, 3.05) is 19.6 Å². The largest absolute Gasteiger partial charge is 0.480 e. The lowest BCUT2D eigenvalue weighted by Gasteiger charge is -2.21. The number of carboxylic acid groups (broad SMARTS) is 1. The highest BCUT2D eigenvalue weighted by molar-refractivity contribution is 5.92. The van der Waals surface area contributed by atoms with Crippen LogP contribution in [0.15, 0.2) is 35.5 Å². The van der Waals surface area contributed by atoms with Gasteiger partial charge >= 0.3 is 5.97 Å². The molecule has 0 fully saturated rings. The van der Waals surface area contributed by atoms with Gasteiger partial charge in [0.05, 0.1) is 13.1 Å². The SMILES string of the molecule is NCC(=O)NCC(=O)NC(CCCN=C(N)N)C(=O)NC(Cc1c[nH]c2ccccc12)C(=O)O. The number of carbonyl (C=O) groups is 4. The van der Waals surface area contributed by atoms with Crippen LogP contribution in [-0.4, -0.2) is 71.5 Å². The molecule has 2 rings (SSSR count). The smallest absolute Gasteiger partial charge is 0.326 e. The lowest BCUT2D eigenvalue weighted by atomic mass is 10.0. The van der Waals surface area contributed by atoms with Crippen molar-refractivity contribution in [1.29, 1.82) is 0 Å². The van der Waals surface area contributed by atoms with E-state index in [1.807, 2.05) is 24.3 Å². The third kappa shape index (κ3) is 8.09. The van der Waals surface area contributed by atoms with Gasteiger partial charge in [-0.2, -0.15) is 0 Å². The molecule has 184 valence electrons. The Balaban J connectivity index is 2.09. The molecule has 1 aromatic carbocycles. The molecule has 0 saturated carbocycles. The van der Waals surface area contributed by atoms with Gasteiger partial charge in [-0.3, -0.25) is 19.4 Å². The van der Waals surface area contributed by atoms with Gasteiger partial charge in [-0.05, 0) is 24.5 Å². The molecule has 0 radical (unpaired) electrons. The summed E-state index contributed by atoms with van der Waals surface area (Å²) < 4.78 is 0. The van der Waals surface area contributed by atoms with Gasteiger partial charge in [0, 0.05) is 30.1 Å². The van der Waals surface area contributed by atoms with Crippen molar-refractivity contribution < 1.29 is 24.3 Å². The number of carboxylic acids is 1. The molecule has 0 aliphatic heterocycles. The third-order valence-electron chi connectivity index (χ3n) is 4.94. The Morgan fingerprint density at radius 2 is 1.79 bits per heavy atom. The molecule has 13 heteroatoms. The molecule has 2 aromatic rings. The van der Waals surface area contributed by atoms with Crippen molar-refractivity contribution in [3.63, 3.8) is 0 Å². The molecular weight excluding hydrogens is 444 g/mol. The van der Waals surface area contributed by atoms with Crippen LogP contribution in [0, 0.1) is 0 Å². The van der Waals surface area contributed by atoms with Crippen molar-refractivity contribution in [3.05, 3.63) is 36.0 Å². The molecule has 13 nitrogen and oxygen atoms in total. The van der Waals surface area contributed by atoms with E-state index in [4.69, 9.17) is 17.2 Å². The molecule has 2 unspecified atom stereocenters. The molecule has 34 heavy (non-hydrogen) atoms. The average molecular weight is 475 g/mol. The number of nitrogens with two attached hydrogens (primary N) is 3. The van der Waals surface area contributed by atoms with Crippen LogP contribution in [-0.2, 0) is 25.6 Å². The zero-order valence-corrected chi connectivity index (χ0v) is 18.5. The molecule has 0 aliphatic rings. The van der Waals surface area contributed by atoms with Gasteiger partial charge in [0.2, 0.25) is 17.7 Å². The van der Waals surface area contributed by atoms with Gasteiger partial charge in [-0.1, -0.05) is 18.2 Å². The van der Waals surface area contributed by atoms with E-state index in [0.29, 0.717) is 6.42 Å². The summed E-state index contributed by atoms with van der Waals surface area (Å²) in [7, 11) is 0. The van der Waals surface area contributed by atoms with E-state index in [1.165, 1.54) is 0 Å². The molecule has 3 amide bonds. The number of carbonyl (C=O) groups excluding carboxylic acids is 3. The average Bonchev–Trinajstić information content (AvgIpc) is 3.21. The molecule has 0 bridgehead atoms. The fourth-order valence-corrected chi connectivity index (χ4v) is 3.26. The molecular formula is C21H30N8O5. The minimum atomic E-state index is -1.24. The number of aromatic nitrogens is 1. The highest BCUT2D eigenvalue weighted by Crippen LogP contribution is 2.19. The highest BCUT2D eigenvalue weighted by atomic mass is 16.4. The fourth-order valence-electron chi connectivity index (χ4n) is 3.26. The number of aromatic amines is 1. The molecule has 11 N–H and O–H groups in total. The first kappa shape index (κ1) is 26.1. The number of nitrogens with one attached hydrogen (secondary N) is 4. The Hall–Kier alpha value is -4.13. The van der Waals surface area contributed by atoms with Crippen LogP contribution in [0.5, 0.6) is 0 Å². The van der Waals surface area contributed by atoms with E-state index in [1.54, 1.807) is 6.20 Å². The maximum atomic E-state index is 12.9. The number of fused-ring (bicyclic) bond motifs is 1. The maximum absolute atomic E-state index is 12.9. The Bertz CT molecular complexity index is 1050. The van der Waals surface area contributed by atoms with E-state index >= 15 is 0 Å². The van der Waals surface area contributed by atoms with Gasteiger partial charge in [0.15, 0.2) is 5.96 Å². The summed E-state index contributed by atoms with van der Waals surface area (Å²) >= 11 is 0. The van der Waals surface area contributed by atoms with Gasteiger partial charge in [-0.25, -0.2) is 4.79 Å². The van der Waals surface area contributed by atoms with E-state index in [2.05, 4.69) is 25.9 Å². The number of aliphatic carboxylic acids is 1. The molecule has 0 aliphatic carbocycles. The van der Waals surface area contributed by atoms with Crippen LogP contribution in [0.1, 0.15) is 18.4 Å². The van der Waals surface area contributed by atoms with Gasteiger partial charge in [-0.15, -0.1) is 0 Å². The quantitative estimate of drug-likeness (QED) is 0.0907. The molecule has 0 saturated heterocycles. The summed E-state index contributed by atoms with van der Waals surface area (Å²) in [4.78, 5) is 55.2. The van der Waals surface area contributed by atoms with Crippen LogP contribution in [0.4, 0.5) is 0 Å². The number of nitrogens with zero attached hydrogens (tertiary/aromatic N) is 1. The second-order valence-electron chi connectivity index (χ2n) is 7.51. The van der Waals surface area contributed by atoms with Crippen LogP contribution < -0.4 is 33.2 Å². The van der Waals surface area contributed by atoms with Crippen molar-refractivity contribution in [2.24, 2.45) is 22.2 Å². The Morgan fingerprint density at radius 3 is 2.47 bits per heavy atom. The standard InChI is InChI=1S/C21H30N8O5/c22-9-17(30)27-11-18(31)28-15(6-3-7-25-21(23)24)19(32)29-16(20(33)34)8-12-10-26-14-5-2-1-4-13(12)14/h1-2,4-5,10,15-16,26H,3,6-9,11,22H2,(H,27,30)(H,28,31)(H,29,32)(H,33,34)(H4,23,24,25). The number of hydrogen-bond acceptors (Lipinski definition) is 6. The van der Waals surface area contributed by atoms with Crippen molar-refractivity contribution in [3.8, 4) is 0 Å². The Labute approximate surface area is 195 Å². The molecule has 0 spiro atoms. The zero-order valence-electron chi connectivity index (χ0n) is 18.5. The fraction of sp³-hybridized carbons (Fsp3) is 0.381. The summed E-state index contributed by atoms with van der Waals surface area (Å²) in [5.74, 6) is -3.19. The minimum Gasteiger partial charge on any atom is -0.480 e. The van der Waals surface area contributed by atoms with Gasteiger partial charge in [0.25, 0.3) is 0 Å². The topological polar surface area (TPSA) is 231 Å². The van der Waals surface area contributed by atoms with Crippen molar-refractivity contribution in [1.82, 2.24) is 20.9 Å². The summed E-state index contributed by atoms with van der Waals surface area (Å²) in [6.45, 7) is -0.459. The summed E-state index contributed by atoms with van der Waals surface area (Å²) in [6.07, 6.45) is 2.21. The normalized spacial score (nSPS) is 12.4. The summed E-state index contributed by atoms with van der Waals surface area (Å²) in [5.41, 5.74) is 17.3. The van der Waals surface area contributed by atoms with Crippen LogP contribution in [0.2, 0.25) is 0 Å². The first-order chi connectivity index (χ1) is 16.2. The molecule has 2 atom stereocenters. The summed E-state index contributed by atoms with van der Waals surface area (Å²) in [5, 5.41) is 17.8. The number of H-pyrrole nitrogens is 1. The van der Waals surface area contributed by atoms with E-state index in [9.17, 15) is 24.3 Å². The van der Waals surface area contributed by atoms with Crippen LogP contribution >= 0.6 is 0 Å². The van der Waals surface area contributed by atoms with E-state index in [0.717, 1.165) is 16.5 Å². The lowest BCUT2D eigenvalue weighted by molar-refractivity contribution is -0.142. The molecule has 1 heterocycles. The Kier molecular flexibility index (Phi) is 9.83. The van der Waals surface area contributed by atoms with Crippen LogP contribution in [0.3, 0.4) is 0 Å². The first-order valence-electron chi connectivity index (χ1n) is 10.6. The van der Waals surface area contributed by atoms with E-state index in [-0.39, 0.29) is 38.4 Å². The zero-order chi connectivity index (χ0) is 25.1. The number of aliphatic imine (C=N–C) groups is 1. The monoisotopic (exact) mass is 474 g/mol. The Morgan fingerprint density at radius 1 is 1.06 bits per heavy atom. The second-order valence-corrected chi connectivity index (χ2v) is 7.51. The second kappa shape index (κ2) is 12.8.